The van der Waals surface area contributed by atoms with Crippen molar-refractivity contribution in [1.82, 2.24) is 15.0 Å². The first-order valence-corrected chi connectivity index (χ1v) is 18.7. The van der Waals surface area contributed by atoms with Crippen LogP contribution >= 0.6 is 27.3 Å². The topological polar surface area (TPSA) is 41.9 Å². The number of hydrogen-bond donors (Lipinski definition) is 0. The molecule has 0 fully saturated rings. The Morgan fingerprint density at radius 1 is 0.569 bits per heavy atom. The van der Waals surface area contributed by atoms with Gasteiger partial charge in [-0.2, -0.15) is 9.97 Å². The van der Waals surface area contributed by atoms with Gasteiger partial charge >= 0.3 is 0 Å². The van der Waals surface area contributed by atoms with Gasteiger partial charge < -0.3 is 4.90 Å². The number of hydrogen-bond acceptors (Lipinski definition) is 5. The molecule has 2 unspecified atom stereocenters. The molecule has 4 nitrogen and oxygen atoms in total. The lowest BCUT2D eigenvalue weighted by Crippen LogP contribution is -2.30. The van der Waals surface area contributed by atoms with Crippen molar-refractivity contribution in [3.8, 4) is 44.3 Å². The van der Waals surface area contributed by atoms with E-state index in [0.29, 0.717) is 17.6 Å². The summed E-state index contributed by atoms with van der Waals surface area (Å²) in [5, 5.41) is 3.75. The highest BCUT2D eigenvalue weighted by atomic mass is 79.9. The van der Waals surface area contributed by atoms with Crippen molar-refractivity contribution in [3.63, 3.8) is 0 Å². The summed E-state index contributed by atoms with van der Waals surface area (Å²) < 4.78 is 2.41. The quantitative estimate of drug-likeness (QED) is 0.176. The van der Waals surface area contributed by atoms with Crippen molar-refractivity contribution in [1.29, 1.82) is 0 Å². The average Bonchev–Trinajstić information content (AvgIpc) is 3.71. The van der Waals surface area contributed by atoms with E-state index < -0.39 is 0 Å². The molecule has 242 valence electrons. The van der Waals surface area contributed by atoms with E-state index in [0.717, 1.165) is 21.3 Å². The van der Waals surface area contributed by atoms with Crippen LogP contribution in [0.2, 0.25) is 0 Å². The minimum Gasteiger partial charge on any atom is -0.302 e. The highest BCUT2D eigenvalue weighted by Crippen LogP contribution is 2.49. The molecule has 0 radical (unpaired) electrons. The smallest absolute Gasteiger partial charge is 0.234 e. The number of rotatable bonds is 5. The zero-order valence-electron chi connectivity index (χ0n) is 27.3. The lowest BCUT2D eigenvalue weighted by atomic mass is 9.89. The standard InChI is InChI=1S/C45H29BrN4S/c46-41-37-27-32(23-25-40(37)51-42(41)35-20-11-17-28-12-7-8-18-33(28)35)31-22-24-39-36(26-31)34-19-9-10-21-38(34)50(39)45-48-43(29-13-3-1-4-14-29)47-44(49-45)30-15-5-2-6-16-30/h1-27,34,38H. The average molecular weight is 738 g/mol. The summed E-state index contributed by atoms with van der Waals surface area (Å²) in [6, 6.07) is 49.2. The Morgan fingerprint density at radius 2 is 1.24 bits per heavy atom. The summed E-state index contributed by atoms with van der Waals surface area (Å²) in [5.41, 5.74) is 7.94. The summed E-state index contributed by atoms with van der Waals surface area (Å²) in [6.07, 6.45) is 8.86. The van der Waals surface area contributed by atoms with Crippen LogP contribution in [0.15, 0.2) is 168 Å². The van der Waals surface area contributed by atoms with Crippen molar-refractivity contribution >= 4 is 59.8 Å². The lowest BCUT2D eigenvalue weighted by Gasteiger charge is -2.27. The fourth-order valence-corrected chi connectivity index (χ4v) is 9.53. The number of thiophene rings is 1. The fourth-order valence-electron chi connectivity index (χ4n) is 7.50. The van der Waals surface area contributed by atoms with Gasteiger partial charge in [-0.15, -0.1) is 11.3 Å². The monoisotopic (exact) mass is 736 g/mol. The Balaban J connectivity index is 1.08. The highest BCUT2D eigenvalue weighted by Gasteiger charge is 2.39. The molecule has 51 heavy (non-hydrogen) atoms. The Bertz CT molecular complexity index is 2620. The van der Waals surface area contributed by atoms with Gasteiger partial charge in [-0.25, -0.2) is 4.98 Å². The number of anilines is 2. The third-order valence-corrected chi connectivity index (χ3v) is 12.2. The molecule has 8 aromatic rings. The largest absolute Gasteiger partial charge is 0.302 e. The minimum atomic E-state index is 0.0478. The summed E-state index contributed by atoms with van der Waals surface area (Å²) in [7, 11) is 0. The molecule has 6 aromatic carbocycles. The molecule has 1 aliphatic heterocycles. The van der Waals surface area contributed by atoms with Crippen LogP contribution < -0.4 is 4.90 Å². The van der Waals surface area contributed by atoms with Crippen LogP contribution in [-0.2, 0) is 0 Å². The fraction of sp³-hybridized carbons (Fsp3) is 0.0444. The van der Waals surface area contributed by atoms with Gasteiger partial charge in [0.25, 0.3) is 0 Å². The van der Waals surface area contributed by atoms with Crippen molar-refractivity contribution in [3.05, 3.63) is 174 Å². The van der Waals surface area contributed by atoms with Gasteiger partial charge in [-0.1, -0.05) is 140 Å². The normalized spacial score (nSPS) is 16.1. The number of halogens is 1. The van der Waals surface area contributed by atoms with E-state index in [2.05, 4.69) is 148 Å². The third-order valence-electron chi connectivity index (χ3n) is 9.95. The summed E-state index contributed by atoms with van der Waals surface area (Å²) in [5.74, 6) is 2.13. The van der Waals surface area contributed by atoms with Gasteiger partial charge in [0.05, 0.1) is 10.9 Å². The maximum absolute atomic E-state index is 5.11. The first-order chi connectivity index (χ1) is 25.2. The summed E-state index contributed by atoms with van der Waals surface area (Å²) >= 11 is 5.86. The molecule has 3 heterocycles. The molecule has 0 saturated carbocycles. The summed E-state index contributed by atoms with van der Waals surface area (Å²) in [4.78, 5) is 18.7. The molecule has 1 aliphatic carbocycles. The Morgan fingerprint density at radius 3 is 2.02 bits per heavy atom. The van der Waals surface area contributed by atoms with E-state index in [4.69, 9.17) is 15.0 Å². The molecule has 0 amide bonds. The predicted octanol–water partition coefficient (Wildman–Crippen LogP) is 12.4. The maximum Gasteiger partial charge on any atom is 0.234 e. The summed E-state index contributed by atoms with van der Waals surface area (Å²) in [6.45, 7) is 0. The molecular weight excluding hydrogens is 708 g/mol. The molecule has 2 atom stereocenters. The van der Waals surface area contributed by atoms with E-state index in [9.17, 15) is 0 Å². The number of benzene rings is 6. The Hall–Kier alpha value is -5.69. The molecule has 0 saturated heterocycles. The Kier molecular flexibility index (Phi) is 7.26. The van der Waals surface area contributed by atoms with Crippen LogP contribution in [0.25, 0.3) is 65.2 Å². The zero-order valence-corrected chi connectivity index (χ0v) is 29.7. The molecule has 10 rings (SSSR count). The van der Waals surface area contributed by atoms with E-state index in [1.807, 2.05) is 47.7 Å². The SMILES string of the molecule is Brc1c(-c2cccc3ccccc23)sc2ccc(-c3ccc4c(c3)C3C=CC=CC3N4c3nc(-c4ccccc4)nc(-c4ccccc4)n3)cc12. The van der Waals surface area contributed by atoms with E-state index in [1.54, 1.807) is 0 Å². The lowest BCUT2D eigenvalue weighted by molar-refractivity contribution is 0.728. The second kappa shape index (κ2) is 12.3. The van der Waals surface area contributed by atoms with Crippen LogP contribution in [0.4, 0.5) is 11.6 Å². The zero-order chi connectivity index (χ0) is 33.9. The highest BCUT2D eigenvalue weighted by molar-refractivity contribution is 9.10. The van der Waals surface area contributed by atoms with Gasteiger partial charge in [0.2, 0.25) is 5.95 Å². The van der Waals surface area contributed by atoms with Crippen LogP contribution in [0.5, 0.6) is 0 Å². The van der Waals surface area contributed by atoms with E-state index >= 15 is 0 Å². The van der Waals surface area contributed by atoms with E-state index in [1.165, 1.54) is 48.0 Å². The molecular formula is C45H29BrN4S. The minimum absolute atomic E-state index is 0.0478. The number of allylic oxidation sites excluding steroid dienone is 2. The number of fused-ring (bicyclic) bond motifs is 5. The molecule has 0 N–H and O–H groups in total. The van der Waals surface area contributed by atoms with Crippen molar-refractivity contribution < 1.29 is 0 Å². The van der Waals surface area contributed by atoms with Gasteiger partial charge in [0.15, 0.2) is 11.6 Å². The van der Waals surface area contributed by atoms with Gasteiger partial charge in [-0.3, -0.25) is 0 Å². The van der Waals surface area contributed by atoms with Crippen LogP contribution in [0, 0.1) is 0 Å². The predicted molar refractivity (Wildman–Crippen MR) is 216 cm³/mol. The molecule has 0 bridgehead atoms. The maximum atomic E-state index is 5.11. The van der Waals surface area contributed by atoms with Crippen LogP contribution in [0.3, 0.4) is 0 Å². The molecule has 2 aliphatic rings. The van der Waals surface area contributed by atoms with Crippen LogP contribution in [-0.4, -0.2) is 21.0 Å². The molecule has 6 heteroatoms. The second-order valence-electron chi connectivity index (χ2n) is 12.9. The second-order valence-corrected chi connectivity index (χ2v) is 14.8. The van der Waals surface area contributed by atoms with E-state index in [-0.39, 0.29) is 12.0 Å². The van der Waals surface area contributed by atoms with Crippen molar-refractivity contribution in [2.24, 2.45) is 0 Å². The van der Waals surface area contributed by atoms with Gasteiger partial charge in [0, 0.05) is 42.9 Å². The van der Waals surface area contributed by atoms with Crippen LogP contribution in [0.1, 0.15) is 11.5 Å². The molecule has 0 spiro atoms. The van der Waals surface area contributed by atoms with Gasteiger partial charge in [-0.05, 0) is 67.7 Å². The first kappa shape index (κ1) is 30.2. The Labute approximate surface area is 308 Å². The van der Waals surface area contributed by atoms with Crippen molar-refractivity contribution in [2.45, 2.75) is 12.0 Å². The molecule has 2 aromatic heterocycles. The third kappa shape index (κ3) is 5.13. The van der Waals surface area contributed by atoms with Crippen molar-refractivity contribution in [2.75, 3.05) is 4.90 Å². The number of aromatic nitrogens is 3. The first-order valence-electron chi connectivity index (χ1n) is 17.1. The van der Waals surface area contributed by atoms with Gasteiger partial charge in [0.1, 0.15) is 0 Å². The number of nitrogens with zero attached hydrogens (tertiary/aromatic N) is 4.